The highest BCUT2D eigenvalue weighted by molar-refractivity contribution is 6.31. The van der Waals surface area contributed by atoms with E-state index in [4.69, 9.17) is 11.6 Å². The van der Waals surface area contributed by atoms with E-state index in [1.165, 1.54) is 25.1 Å². The Hall–Kier alpha value is -2.02. The number of hydrogen-bond acceptors (Lipinski definition) is 4. The number of carbonyl (C=O) groups excluding carboxylic acids is 2. The molecule has 0 bridgehead atoms. The van der Waals surface area contributed by atoms with Gasteiger partial charge in [0.1, 0.15) is 0 Å². The summed E-state index contributed by atoms with van der Waals surface area (Å²) in [5, 5.41) is 2.80. The van der Waals surface area contributed by atoms with E-state index in [2.05, 4.69) is 10.1 Å². The minimum Gasteiger partial charge on any atom is -0.465 e. The van der Waals surface area contributed by atoms with E-state index in [1.54, 1.807) is 0 Å². The third-order valence-corrected chi connectivity index (χ3v) is 2.58. The maximum Gasteiger partial charge on any atom is 0.454 e. The number of ether oxygens (including phenoxy) is 1. The van der Waals surface area contributed by atoms with Gasteiger partial charge in [-0.3, -0.25) is 4.79 Å². The Morgan fingerprint density at radius 1 is 1.33 bits per heavy atom. The van der Waals surface area contributed by atoms with Crippen molar-refractivity contribution in [3.8, 4) is 0 Å². The van der Waals surface area contributed by atoms with Crippen LogP contribution in [0.25, 0.3) is 0 Å². The molecule has 0 aliphatic carbocycles. The molecule has 8 heteroatoms. The van der Waals surface area contributed by atoms with Crippen LogP contribution in [-0.2, 0) is 9.53 Å². The number of halogens is 4. The van der Waals surface area contributed by atoms with Crippen molar-refractivity contribution < 1.29 is 27.5 Å². The molecule has 114 valence electrons. The van der Waals surface area contributed by atoms with E-state index in [9.17, 15) is 22.8 Å². The summed E-state index contributed by atoms with van der Waals surface area (Å²) in [4.78, 5) is 22.4. The fourth-order valence-corrected chi connectivity index (χ4v) is 1.60. The quantitative estimate of drug-likeness (QED) is 0.680. The first-order valence-corrected chi connectivity index (χ1v) is 5.97. The average Bonchev–Trinajstić information content (AvgIpc) is 2.38. The predicted octanol–water partition coefficient (Wildman–Crippen LogP) is 3.57. The molecular weight excluding hydrogens is 311 g/mol. The Bertz CT molecular complexity index is 597. The van der Waals surface area contributed by atoms with E-state index in [1.807, 2.05) is 0 Å². The lowest BCUT2D eigenvalue weighted by atomic mass is 10.1. The number of alkyl halides is 3. The summed E-state index contributed by atoms with van der Waals surface area (Å²) in [7, 11) is 1.16. The molecular formula is C13H11ClF3NO3. The lowest BCUT2D eigenvalue weighted by Crippen LogP contribution is -2.21. The third-order valence-electron chi connectivity index (χ3n) is 2.35. The normalized spacial score (nSPS) is 12.0. The summed E-state index contributed by atoms with van der Waals surface area (Å²) in [6.45, 7) is 1.26. The number of benzene rings is 1. The van der Waals surface area contributed by atoms with E-state index < -0.39 is 17.9 Å². The van der Waals surface area contributed by atoms with Gasteiger partial charge < -0.3 is 10.1 Å². The van der Waals surface area contributed by atoms with Crippen LogP contribution in [0.1, 0.15) is 17.3 Å². The maximum absolute atomic E-state index is 12.1. The lowest BCUT2D eigenvalue weighted by molar-refractivity contribution is -0.165. The molecule has 0 fully saturated rings. The molecule has 21 heavy (non-hydrogen) atoms. The van der Waals surface area contributed by atoms with Crippen molar-refractivity contribution in [2.24, 2.45) is 0 Å². The zero-order valence-electron chi connectivity index (χ0n) is 11.0. The summed E-state index contributed by atoms with van der Waals surface area (Å²) < 4.78 is 41.0. The van der Waals surface area contributed by atoms with Gasteiger partial charge in [-0.25, -0.2) is 4.79 Å². The first-order valence-electron chi connectivity index (χ1n) is 5.59. The summed E-state index contributed by atoms with van der Waals surface area (Å²) in [6, 6.07) is 4.13. The van der Waals surface area contributed by atoms with Crippen LogP contribution in [0.3, 0.4) is 0 Å². The van der Waals surface area contributed by atoms with Crippen LogP contribution in [0.4, 0.5) is 18.9 Å². The SMILES string of the molecule is COC(=O)c1cc(Cl)ccc1N/C(C)=C\C(=O)C(F)(F)F. The smallest absolute Gasteiger partial charge is 0.454 e. The van der Waals surface area contributed by atoms with Gasteiger partial charge in [0.2, 0.25) is 0 Å². The van der Waals surface area contributed by atoms with Gasteiger partial charge in [-0.15, -0.1) is 0 Å². The summed E-state index contributed by atoms with van der Waals surface area (Å²) in [5.41, 5.74) is 0.136. The van der Waals surface area contributed by atoms with Crippen LogP contribution in [0.15, 0.2) is 30.0 Å². The van der Waals surface area contributed by atoms with Crippen LogP contribution in [0.2, 0.25) is 5.02 Å². The number of allylic oxidation sites excluding steroid dienone is 2. The Morgan fingerprint density at radius 2 is 1.95 bits per heavy atom. The number of carbonyl (C=O) groups is 2. The highest BCUT2D eigenvalue weighted by atomic mass is 35.5. The second-order valence-corrected chi connectivity index (χ2v) is 4.43. The van der Waals surface area contributed by atoms with Crippen LogP contribution in [0.5, 0.6) is 0 Å². The molecule has 0 aliphatic heterocycles. The molecule has 0 saturated heterocycles. The van der Waals surface area contributed by atoms with Gasteiger partial charge in [-0.1, -0.05) is 11.6 Å². The van der Waals surface area contributed by atoms with Crippen molar-refractivity contribution in [2.45, 2.75) is 13.1 Å². The van der Waals surface area contributed by atoms with Crippen molar-refractivity contribution in [1.29, 1.82) is 0 Å². The molecule has 0 spiro atoms. The maximum atomic E-state index is 12.1. The van der Waals surface area contributed by atoms with E-state index >= 15 is 0 Å². The molecule has 0 aromatic heterocycles. The van der Waals surface area contributed by atoms with Gasteiger partial charge in [0, 0.05) is 16.8 Å². The monoisotopic (exact) mass is 321 g/mol. The fraction of sp³-hybridized carbons (Fsp3) is 0.231. The molecule has 4 nitrogen and oxygen atoms in total. The molecule has 1 aromatic rings. The van der Waals surface area contributed by atoms with Gasteiger partial charge in [0.15, 0.2) is 0 Å². The Morgan fingerprint density at radius 3 is 2.48 bits per heavy atom. The van der Waals surface area contributed by atoms with Crippen LogP contribution in [-0.4, -0.2) is 25.0 Å². The summed E-state index contributed by atoms with van der Waals surface area (Å²) in [5.74, 6) is -2.71. The van der Waals surface area contributed by atoms with Crippen molar-refractivity contribution in [1.82, 2.24) is 0 Å². The number of rotatable bonds is 4. The van der Waals surface area contributed by atoms with Crippen LogP contribution < -0.4 is 5.32 Å². The predicted molar refractivity (Wildman–Crippen MR) is 71.2 cm³/mol. The van der Waals surface area contributed by atoms with E-state index in [0.29, 0.717) is 6.08 Å². The largest absolute Gasteiger partial charge is 0.465 e. The highest BCUT2D eigenvalue weighted by Gasteiger charge is 2.36. The Kier molecular flexibility index (Phi) is 5.37. The molecule has 0 atom stereocenters. The molecule has 0 radical (unpaired) electrons. The molecule has 0 heterocycles. The molecule has 0 unspecified atom stereocenters. The van der Waals surface area contributed by atoms with E-state index in [-0.39, 0.29) is 22.0 Å². The minimum absolute atomic E-state index is 0.0391. The Labute approximate surface area is 123 Å². The zero-order chi connectivity index (χ0) is 16.2. The number of methoxy groups -OCH3 is 1. The second-order valence-electron chi connectivity index (χ2n) is 4.00. The summed E-state index contributed by atoms with van der Waals surface area (Å²) >= 11 is 5.75. The lowest BCUT2D eigenvalue weighted by Gasteiger charge is -2.11. The van der Waals surface area contributed by atoms with E-state index in [0.717, 1.165) is 7.11 Å². The number of nitrogens with one attached hydrogen (secondary N) is 1. The van der Waals surface area contributed by atoms with Crippen LogP contribution >= 0.6 is 11.6 Å². The molecule has 1 rings (SSSR count). The highest BCUT2D eigenvalue weighted by Crippen LogP contribution is 2.23. The first kappa shape index (κ1) is 17.0. The van der Waals surface area contributed by atoms with Crippen molar-refractivity contribution in [3.05, 3.63) is 40.6 Å². The van der Waals surface area contributed by atoms with Gasteiger partial charge in [-0.05, 0) is 25.1 Å². The van der Waals surface area contributed by atoms with Gasteiger partial charge >= 0.3 is 12.1 Å². The molecule has 0 saturated carbocycles. The van der Waals surface area contributed by atoms with Gasteiger partial charge in [-0.2, -0.15) is 13.2 Å². The summed E-state index contributed by atoms with van der Waals surface area (Å²) in [6.07, 6.45) is -4.55. The number of ketones is 1. The molecule has 0 amide bonds. The topological polar surface area (TPSA) is 55.4 Å². The second kappa shape index (κ2) is 6.62. The molecule has 0 aliphatic rings. The van der Waals surface area contributed by atoms with Crippen molar-refractivity contribution in [2.75, 3.05) is 12.4 Å². The van der Waals surface area contributed by atoms with Crippen molar-refractivity contribution in [3.63, 3.8) is 0 Å². The van der Waals surface area contributed by atoms with Crippen molar-refractivity contribution >= 4 is 29.0 Å². The molecule has 1 N–H and O–H groups in total. The number of hydrogen-bond donors (Lipinski definition) is 1. The van der Waals surface area contributed by atoms with Gasteiger partial charge in [0.05, 0.1) is 18.4 Å². The van der Waals surface area contributed by atoms with Crippen LogP contribution in [0, 0.1) is 0 Å². The first-order chi connectivity index (χ1) is 9.65. The third kappa shape index (κ3) is 4.78. The zero-order valence-corrected chi connectivity index (χ0v) is 11.8. The fourth-order valence-electron chi connectivity index (χ4n) is 1.43. The average molecular weight is 322 g/mol. The standard InChI is InChI=1S/C13H11ClF3NO3/c1-7(5-11(19)13(15,16)17)18-10-4-3-8(14)6-9(10)12(20)21-2/h3-6,18H,1-2H3/b7-5-. The molecule has 1 aromatic carbocycles. The minimum atomic E-state index is -4.95. The number of esters is 1. The Balaban J connectivity index is 3.05. The number of anilines is 1. The van der Waals surface area contributed by atoms with Gasteiger partial charge in [0.25, 0.3) is 5.78 Å².